The molecule has 1 aliphatic rings. The van der Waals surface area contributed by atoms with Crippen LogP contribution in [0.4, 0.5) is 0 Å². The maximum Gasteiger partial charge on any atom is 0.230 e. The van der Waals surface area contributed by atoms with E-state index in [-0.39, 0.29) is 5.91 Å². The van der Waals surface area contributed by atoms with Crippen molar-refractivity contribution >= 4 is 17.7 Å². The van der Waals surface area contributed by atoms with Gasteiger partial charge in [0.15, 0.2) is 0 Å². The zero-order valence-electron chi connectivity index (χ0n) is 12.6. The van der Waals surface area contributed by atoms with E-state index in [1.165, 1.54) is 31.0 Å². The highest BCUT2D eigenvalue weighted by atomic mass is 32.2. The van der Waals surface area contributed by atoms with E-state index in [1.807, 2.05) is 19.9 Å². The average Bonchev–Trinajstić information content (AvgIpc) is 2.45. The van der Waals surface area contributed by atoms with Crippen molar-refractivity contribution < 1.29 is 4.79 Å². The molecule has 0 aromatic carbocycles. The molecule has 0 unspecified atom stereocenters. The van der Waals surface area contributed by atoms with Crippen molar-refractivity contribution in [3.8, 4) is 6.07 Å². The Hall–Kier alpha value is -1.54. The van der Waals surface area contributed by atoms with Gasteiger partial charge in [0, 0.05) is 11.7 Å². The molecule has 1 amide bonds. The fraction of sp³-hybridized carbons (Fsp3) is 0.562. The molecule has 2 rings (SSSR count). The van der Waals surface area contributed by atoms with Crippen LogP contribution in [0.2, 0.25) is 0 Å². The van der Waals surface area contributed by atoms with Gasteiger partial charge in [0.05, 0.1) is 11.3 Å². The third-order valence-electron chi connectivity index (χ3n) is 3.73. The number of amides is 1. The number of aryl methyl sites for hydroxylation is 2. The molecule has 0 saturated heterocycles. The Labute approximate surface area is 130 Å². The van der Waals surface area contributed by atoms with Gasteiger partial charge in [-0.15, -0.1) is 0 Å². The molecule has 0 spiro atoms. The Kier molecular flexibility index (Phi) is 5.63. The topological polar surface area (TPSA) is 65.8 Å². The van der Waals surface area contributed by atoms with Crippen LogP contribution < -0.4 is 5.32 Å². The lowest BCUT2D eigenvalue weighted by Gasteiger charge is -2.22. The zero-order valence-corrected chi connectivity index (χ0v) is 13.4. The highest BCUT2D eigenvalue weighted by Crippen LogP contribution is 2.24. The minimum absolute atomic E-state index is 0.0387. The Morgan fingerprint density at radius 2 is 2.14 bits per heavy atom. The number of nitrogens with zero attached hydrogens (tertiary/aromatic N) is 2. The number of nitrogens with one attached hydrogen (secondary N) is 1. The monoisotopic (exact) mass is 303 g/mol. The maximum atomic E-state index is 12.0. The second-order valence-corrected chi connectivity index (χ2v) is 6.53. The summed E-state index contributed by atoms with van der Waals surface area (Å²) in [5, 5.41) is 13.0. The Balaban J connectivity index is 1.93. The van der Waals surface area contributed by atoms with Crippen molar-refractivity contribution in [3.63, 3.8) is 0 Å². The van der Waals surface area contributed by atoms with Crippen LogP contribution in [-0.2, 0) is 4.79 Å². The smallest absolute Gasteiger partial charge is 0.230 e. The van der Waals surface area contributed by atoms with Gasteiger partial charge in [-0.3, -0.25) is 4.79 Å². The molecule has 5 heteroatoms. The predicted octanol–water partition coefficient (Wildman–Crippen LogP) is 3.11. The maximum absolute atomic E-state index is 12.0. The van der Waals surface area contributed by atoms with E-state index >= 15 is 0 Å². The zero-order chi connectivity index (χ0) is 15.2. The summed E-state index contributed by atoms with van der Waals surface area (Å²) in [6, 6.07) is 4.40. The molecule has 1 aromatic heterocycles. The summed E-state index contributed by atoms with van der Waals surface area (Å²) in [5.41, 5.74) is 2.37. The molecular weight excluding hydrogens is 282 g/mol. The molecule has 1 aliphatic carbocycles. The van der Waals surface area contributed by atoms with Crippen molar-refractivity contribution in [2.75, 3.05) is 5.75 Å². The van der Waals surface area contributed by atoms with Crippen LogP contribution in [0, 0.1) is 25.2 Å². The van der Waals surface area contributed by atoms with Gasteiger partial charge in [-0.05, 0) is 38.3 Å². The molecule has 0 bridgehead atoms. The number of hydrogen-bond acceptors (Lipinski definition) is 4. The molecule has 1 N–H and O–H groups in total. The number of aromatic nitrogens is 1. The lowest BCUT2D eigenvalue weighted by atomic mass is 9.95. The fourth-order valence-electron chi connectivity index (χ4n) is 2.69. The Bertz CT molecular complexity index is 559. The molecule has 1 heterocycles. The SMILES string of the molecule is Cc1cc(C)c(C#N)c(SCC(=O)NC2CCCCC2)n1. The van der Waals surface area contributed by atoms with E-state index in [2.05, 4.69) is 16.4 Å². The van der Waals surface area contributed by atoms with Crippen molar-refractivity contribution in [2.45, 2.75) is 57.0 Å². The van der Waals surface area contributed by atoms with Crippen LogP contribution in [0.15, 0.2) is 11.1 Å². The van der Waals surface area contributed by atoms with Crippen LogP contribution in [0.1, 0.15) is 48.9 Å². The Morgan fingerprint density at radius 3 is 2.81 bits per heavy atom. The number of pyridine rings is 1. The second kappa shape index (κ2) is 7.46. The van der Waals surface area contributed by atoms with E-state index in [9.17, 15) is 10.1 Å². The van der Waals surface area contributed by atoms with E-state index in [4.69, 9.17) is 0 Å². The molecule has 1 saturated carbocycles. The van der Waals surface area contributed by atoms with Gasteiger partial charge < -0.3 is 5.32 Å². The van der Waals surface area contributed by atoms with E-state index in [0.717, 1.165) is 24.1 Å². The molecule has 1 aromatic rings. The molecule has 0 aliphatic heterocycles. The highest BCUT2D eigenvalue weighted by molar-refractivity contribution is 8.00. The number of thioether (sulfide) groups is 1. The number of rotatable bonds is 4. The van der Waals surface area contributed by atoms with Gasteiger partial charge in [0.1, 0.15) is 11.1 Å². The first-order chi connectivity index (χ1) is 10.1. The highest BCUT2D eigenvalue weighted by Gasteiger charge is 2.17. The van der Waals surface area contributed by atoms with E-state index < -0.39 is 0 Å². The van der Waals surface area contributed by atoms with Gasteiger partial charge >= 0.3 is 0 Å². The van der Waals surface area contributed by atoms with Gasteiger partial charge in [-0.1, -0.05) is 31.0 Å². The summed E-state index contributed by atoms with van der Waals surface area (Å²) in [7, 11) is 0. The average molecular weight is 303 g/mol. The molecule has 0 radical (unpaired) electrons. The lowest BCUT2D eigenvalue weighted by Crippen LogP contribution is -2.37. The number of nitriles is 1. The minimum atomic E-state index is 0.0387. The van der Waals surface area contributed by atoms with E-state index in [0.29, 0.717) is 22.4 Å². The molecule has 0 atom stereocenters. The first-order valence-electron chi connectivity index (χ1n) is 7.40. The molecule has 112 valence electrons. The van der Waals surface area contributed by atoms with Crippen LogP contribution in [-0.4, -0.2) is 22.7 Å². The predicted molar refractivity (Wildman–Crippen MR) is 84.2 cm³/mol. The van der Waals surface area contributed by atoms with Crippen molar-refractivity contribution in [3.05, 3.63) is 22.9 Å². The third-order valence-corrected chi connectivity index (χ3v) is 4.71. The standard InChI is InChI=1S/C16H21N3OS/c1-11-8-12(2)18-16(14(11)9-17)21-10-15(20)19-13-6-4-3-5-7-13/h8,13H,3-7,10H2,1-2H3,(H,19,20). The molecule has 4 nitrogen and oxygen atoms in total. The normalized spacial score (nSPS) is 15.5. The minimum Gasteiger partial charge on any atom is -0.353 e. The Morgan fingerprint density at radius 1 is 1.43 bits per heavy atom. The van der Waals surface area contributed by atoms with Crippen LogP contribution in [0.3, 0.4) is 0 Å². The van der Waals surface area contributed by atoms with Crippen molar-refractivity contribution in [2.24, 2.45) is 0 Å². The molecule has 1 fully saturated rings. The number of hydrogen-bond donors (Lipinski definition) is 1. The summed E-state index contributed by atoms with van der Waals surface area (Å²) < 4.78 is 0. The summed E-state index contributed by atoms with van der Waals surface area (Å²) in [6.07, 6.45) is 5.85. The molecular formula is C16H21N3OS. The van der Waals surface area contributed by atoms with Crippen LogP contribution >= 0.6 is 11.8 Å². The van der Waals surface area contributed by atoms with Crippen molar-refractivity contribution in [1.82, 2.24) is 10.3 Å². The van der Waals surface area contributed by atoms with Gasteiger partial charge in [-0.2, -0.15) is 5.26 Å². The second-order valence-electron chi connectivity index (χ2n) is 5.56. The molecule has 21 heavy (non-hydrogen) atoms. The largest absolute Gasteiger partial charge is 0.353 e. The van der Waals surface area contributed by atoms with Crippen LogP contribution in [0.5, 0.6) is 0 Å². The van der Waals surface area contributed by atoms with Crippen LogP contribution in [0.25, 0.3) is 0 Å². The van der Waals surface area contributed by atoms with E-state index in [1.54, 1.807) is 0 Å². The number of carbonyl (C=O) groups excluding carboxylic acids is 1. The summed E-state index contributed by atoms with van der Waals surface area (Å²) >= 11 is 1.35. The van der Waals surface area contributed by atoms with Gasteiger partial charge in [0.2, 0.25) is 5.91 Å². The quantitative estimate of drug-likeness (QED) is 0.868. The summed E-state index contributed by atoms with van der Waals surface area (Å²) in [4.78, 5) is 16.4. The fourth-order valence-corrected chi connectivity index (χ4v) is 3.60. The van der Waals surface area contributed by atoms with Gasteiger partial charge in [-0.25, -0.2) is 4.98 Å². The first-order valence-corrected chi connectivity index (χ1v) is 8.39. The van der Waals surface area contributed by atoms with Gasteiger partial charge in [0.25, 0.3) is 0 Å². The summed E-state index contributed by atoms with van der Waals surface area (Å²) in [6.45, 7) is 3.81. The van der Waals surface area contributed by atoms with Crippen molar-refractivity contribution in [1.29, 1.82) is 5.26 Å². The first kappa shape index (κ1) is 15.8. The number of carbonyl (C=O) groups is 1. The third kappa shape index (κ3) is 4.47. The summed E-state index contributed by atoms with van der Waals surface area (Å²) in [5.74, 6) is 0.359. The lowest BCUT2D eigenvalue weighted by molar-refractivity contribution is -0.119.